The van der Waals surface area contributed by atoms with Crippen molar-refractivity contribution < 1.29 is 9.15 Å². The minimum atomic E-state index is 0.431. The van der Waals surface area contributed by atoms with E-state index in [4.69, 9.17) is 15.0 Å². The first-order valence-corrected chi connectivity index (χ1v) is 9.50. The molecule has 9 heteroatoms. The van der Waals surface area contributed by atoms with E-state index in [1.807, 2.05) is 55.5 Å². The van der Waals surface area contributed by atoms with Crippen LogP contribution in [-0.4, -0.2) is 32.2 Å². The van der Waals surface area contributed by atoms with Crippen LogP contribution in [0.1, 0.15) is 11.5 Å². The summed E-state index contributed by atoms with van der Waals surface area (Å²) < 4.78 is 12.5. The van der Waals surface area contributed by atoms with Gasteiger partial charge in [0.05, 0.1) is 18.4 Å². The molecule has 0 aliphatic heterocycles. The van der Waals surface area contributed by atoms with Gasteiger partial charge < -0.3 is 15.0 Å². The van der Waals surface area contributed by atoms with E-state index in [1.165, 1.54) is 22.0 Å². The number of nitrogen functional groups attached to an aromatic ring is 1. The Balaban J connectivity index is 1.49. The minimum absolute atomic E-state index is 0.431. The second-order valence-electron chi connectivity index (χ2n) is 6.03. The van der Waals surface area contributed by atoms with Crippen LogP contribution in [0.25, 0.3) is 22.8 Å². The van der Waals surface area contributed by atoms with Crippen molar-refractivity contribution in [1.29, 1.82) is 0 Å². The third-order valence-electron chi connectivity index (χ3n) is 4.10. The number of thioether (sulfide) groups is 1. The lowest BCUT2D eigenvalue weighted by Crippen LogP contribution is -2.12. The first kappa shape index (κ1) is 18.1. The molecule has 2 heterocycles. The molecule has 0 fully saturated rings. The van der Waals surface area contributed by atoms with Crippen LogP contribution in [-0.2, 0) is 5.75 Å². The van der Waals surface area contributed by atoms with Crippen molar-refractivity contribution in [2.75, 3.05) is 13.0 Å². The van der Waals surface area contributed by atoms with Gasteiger partial charge in [0, 0.05) is 5.56 Å². The van der Waals surface area contributed by atoms with E-state index in [1.54, 1.807) is 7.11 Å². The number of hydrogen-bond donors (Lipinski definition) is 1. The highest BCUT2D eigenvalue weighted by molar-refractivity contribution is 7.98. The molecule has 0 aliphatic carbocycles. The third kappa shape index (κ3) is 3.56. The summed E-state index contributed by atoms with van der Waals surface area (Å²) in [6, 6.07) is 15.4. The van der Waals surface area contributed by atoms with Crippen LogP contribution in [0.3, 0.4) is 0 Å². The average molecular weight is 394 g/mol. The highest BCUT2D eigenvalue weighted by atomic mass is 32.2. The summed E-state index contributed by atoms with van der Waals surface area (Å²) in [6.45, 7) is 2.03. The molecule has 0 amide bonds. The molecular formula is C19H18N6O2S. The summed E-state index contributed by atoms with van der Waals surface area (Å²) in [5, 5.41) is 17.1. The summed E-state index contributed by atoms with van der Waals surface area (Å²) in [6.07, 6.45) is 0. The molecule has 28 heavy (non-hydrogen) atoms. The Morgan fingerprint density at radius 3 is 2.61 bits per heavy atom. The first-order valence-electron chi connectivity index (χ1n) is 8.52. The Morgan fingerprint density at radius 1 is 1.04 bits per heavy atom. The maximum absolute atomic E-state index is 6.18. The molecular weight excluding hydrogens is 376 g/mol. The Morgan fingerprint density at radius 2 is 1.82 bits per heavy atom. The highest BCUT2D eigenvalue weighted by Gasteiger charge is 2.17. The second-order valence-corrected chi connectivity index (χ2v) is 6.97. The standard InChI is InChI=1S/C19H18N6O2S/c1-12-7-9-13(10-8-12)18-23-21-16(27-18)11-28-19-24-22-17(25(19)20)14-5-3-4-6-15(14)26-2/h3-10H,11,20H2,1-2H3. The number of methoxy groups -OCH3 is 1. The quantitative estimate of drug-likeness (QED) is 0.392. The molecule has 4 rings (SSSR count). The summed E-state index contributed by atoms with van der Waals surface area (Å²) in [4.78, 5) is 0. The molecule has 0 atom stereocenters. The van der Waals surface area contributed by atoms with Gasteiger partial charge in [-0.3, -0.25) is 0 Å². The van der Waals surface area contributed by atoms with Gasteiger partial charge in [-0.2, -0.15) is 0 Å². The molecule has 2 aromatic carbocycles. The van der Waals surface area contributed by atoms with Gasteiger partial charge in [-0.15, -0.1) is 20.4 Å². The molecule has 0 saturated carbocycles. The lowest BCUT2D eigenvalue weighted by atomic mass is 10.1. The fourth-order valence-electron chi connectivity index (χ4n) is 2.64. The van der Waals surface area contributed by atoms with Gasteiger partial charge in [-0.1, -0.05) is 41.6 Å². The van der Waals surface area contributed by atoms with Crippen LogP contribution in [0.2, 0.25) is 0 Å². The predicted molar refractivity (Wildman–Crippen MR) is 106 cm³/mol. The normalized spacial score (nSPS) is 10.9. The minimum Gasteiger partial charge on any atom is -0.496 e. The van der Waals surface area contributed by atoms with Gasteiger partial charge >= 0.3 is 0 Å². The first-order chi connectivity index (χ1) is 13.7. The predicted octanol–water partition coefficient (Wildman–Crippen LogP) is 3.32. The summed E-state index contributed by atoms with van der Waals surface area (Å²) in [5.74, 6) is 8.78. The Hall–Kier alpha value is -3.33. The number of nitrogens with zero attached hydrogens (tertiary/aromatic N) is 5. The van der Waals surface area contributed by atoms with Crippen molar-refractivity contribution in [3.05, 3.63) is 60.0 Å². The number of ether oxygens (including phenoxy) is 1. The Labute approximate surface area is 165 Å². The third-order valence-corrected chi connectivity index (χ3v) is 5.03. The van der Waals surface area contributed by atoms with Gasteiger partial charge in [0.25, 0.3) is 0 Å². The molecule has 0 spiro atoms. The highest BCUT2D eigenvalue weighted by Crippen LogP contribution is 2.30. The zero-order chi connectivity index (χ0) is 19.5. The average Bonchev–Trinajstić information content (AvgIpc) is 3.34. The number of aromatic nitrogens is 5. The summed E-state index contributed by atoms with van der Waals surface area (Å²) in [7, 11) is 1.60. The molecule has 2 aromatic heterocycles. The van der Waals surface area contributed by atoms with Crippen LogP contribution < -0.4 is 10.6 Å². The molecule has 142 valence electrons. The zero-order valence-corrected chi connectivity index (χ0v) is 16.2. The maximum atomic E-state index is 6.18. The number of nitrogens with two attached hydrogens (primary N) is 1. The molecule has 8 nitrogen and oxygen atoms in total. The Kier molecular flexibility index (Phi) is 4.98. The van der Waals surface area contributed by atoms with Gasteiger partial charge in [-0.05, 0) is 31.2 Å². The lowest BCUT2D eigenvalue weighted by Gasteiger charge is -2.07. The van der Waals surface area contributed by atoms with Crippen molar-refractivity contribution in [2.45, 2.75) is 17.8 Å². The number of aryl methyl sites for hydroxylation is 1. The number of benzene rings is 2. The van der Waals surface area contributed by atoms with Gasteiger partial charge in [0.2, 0.25) is 16.9 Å². The van der Waals surface area contributed by atoms with Crippen molar-refractivity contribution >= 4 is 11.8 Å². The van der Waals surface area contributed by atoms with Gasteiger partial charge in [0.15, 0.2) is 5.82 Å². The Bertz CT molecular complexity index is 1090. The monoisotopic (exact) mass is 394 g/mol. The fraction of sp³-hybridized carbons (Fsp3) is 0.158. The summed E-state index contributed by atoms with van der Waals surface area (Å²) in [5.41, 5.74) is 2.83. The van der Waals surface area contributed by atoms with Crippen LogP contribution in [0.5, 0.6) is 5.75 Å². The second kappa shape index (κ2) is 7.73. The van der Waals surface area contributed by atoms with E-state index in [0.717, 1.165) is 11.1 Å². The SMILES string of the molecule is COc1ccccc1-c1nnc(SCc2nnc(-c3ccc(C)cc3)o2)n1N. The largest absolute Gasteiger partial charge is 0.496 e. The van der Waals surface area contributed by atoms with Crippen LogP contribution in [0.4, 0.5) is 0 Å². The van der Waals surface area contributed by atoms with E-state index in [2.05, 4.69) is 20.4 Å². The van der Waals surface area contributed by atoms with E-state index < -0.39 is 0 Å². The topological polar surface area (TPSA) is 105 Å². The maximum Gasteiger partial charge on any atom is 0.247 e. The van der Waals surface area contributed by atoms with E-state index in [9.17, 15) is 0 Å². The molecule has 2 N–H and O–H groups in total. The fourth-order valence-corrected chi connectivity index (χ4v) is 3.33. The zero-order valence-electron chi connectivity index (χ0n) is 15.4. The van der Waals surface area contributed by atoms with E-state index in [-0.39, 0.29) is 0 Å². The van der Waals surface area contributed by atoms with E-state index >= 15 is 0 Å². The molecule has 0 unspecified atom stereocenters. The number of para-hydroxylation sites is 1. The molecule has 4 aromatic rings. The number of rotatable bonds is 6. The van der Waals surface area contributed by atoms with Crippen molar-refractivity contribution in [3.8, 4) is 28.6 Å². The van der Waals surface area contributed by atoms with Gasteiger partial charge in [-0.25, -0.2) is 4.68 Å². The molecule has 0 radical (unpaired) electrons. The van der Waals surface area contributed by atoms with Crippen molar-refractivity contribution in [3.63, 3.8) is 0 Å². The van der Waals surface area contributed by atoms with Crippen LogP contribution >= 0.6 is 11.8 Å². The van der Waals surface area contributed by atoms with Crippen molar-refractivity contribution in [1.82, 2.24) is 25.1 Å². The van der Waals surface area contributed by atoms with Crippen LogP contribution in [0.15, 0.2) is 58.1 Å². The van der Waals surface area contributed by atoms with E-state index in [0.29, 0.717) is 34.3 Å². The lowest BCUT2D eigenvalue weighted by molar-refractivity contribution is 0.416. The molecule has 0 saturated heterocycles. The summed E-state index contributed by atoms with van der Waals surface area (Å²) >= 11 is 1.37. The molecule has 0 aliphatic rings. The smallest absolute Gasteiger partial charge is 0.247 e. The van der Waals surface area contributed by atoms with Crippen LogP contribution in [0, 0.1) is 6.92 Å². The van der Waals surface area contributed by atoms with Crippen molar-refractivity contribution in [2.24, 2.45) is 0 Å². The number of hydrogen-bond acceptors (Lipinski definition) is 8. The molecule has 0 bridgehead atoms. The van der Waals surface area contributed by atoms with Gasteiger partial charge in [0.1, 0.15) is 5.75 Å².